The highest BCUT2D eigenvalue weighted by molar-refractivity contribution is 5.94. The third kappa shape index (κ3) is 5.52. The van der Waals surface area contributed by atoms with Gasteiger partial charge in [-0.2, -0.15) is 0 Å². The number of phenolic OH excluding ortho intramolecular Hbond substituents is 1. The number of carbonyl (C=O) groups excluding carboxylic acids is 2. The highest BCUT2D eigenvalue weighted by Gasteiger charge is 2.12. The fourth-order valence-corrected chi connectivity index (χ4v) is 1.64. The zero-order valence-corrected chi connectivity index (χ0v) is 11.1. The summed E-state index contributed by atoms with van der Waals surface area (Å²) in [6.45, 7) is 1.53. The maximum atomic E-state index is 11.2. The monoisotopic (exact) mass is 266 g/mol. The summed E-state index contributed by atoms with van der Waals surface area (Å²) in [5.41, 5.74) is 0.892. The first kappa shape index (κ1) is 15.2. The second-order valence-electron chi connectivity index (χ2n) is 4.20. The van der Waals surface area contributed by atoms with Crippen LogP contribution < -0.4 is 0 Å². The van der Waals surface area contributed by atoms with Gasteiger partial charge in [0.2, 0.25) is 0 Å². The molecule has 0 fully saturated rings. The molecule has 0 saturated carbocycles. The third-order valence-electron chi connectivity index (χ3n) is 2.59. The number of esters is 1. The number of aromatic hydroxyl groups is 1. The van der Waals surface area contributed by atoms with Crippen LogP contribution in [0.25, 0.3) is 0 Å². The summed E-state index contributed by atoms with van der Waals surface area (Å²) in [7, 11) is 1.56. The summed E-state index contributed by atoms with van der Waals surface area (Å²) >= 11 is 0. The van der Waals surface area contributed by atoms with Crippen LogP contribution in [0, 0.1) is 0 Å². The molecule has 0 saturated heterocycles. The maximum absolute atomic E-state index is 11.2. The molecule has 0 heterocycles. The van der Waals surface area contributed by atoms with Gasteiger partial charge in [0.15, 0.2) is 0 Å². The molecule has 0 aromatic heterocycles. The van der Waals surface area contributed by atoms with E-state index in [1.165, 1.54) is 6.92 Å². The van der Waals surface area contributed by atoms with Crippen molar-refractivity contribution in [3.63, 3.8) is 0 Å². The van der Waals surface area contributed by atoms with E-state index in [9.17, 15) is 14.7 Å². The first-order valence-corrected chi connectivity index (χ1v) is 5.99. The van der Waals surface area contributed by atoms with Crippen LogP contribution in [0.5, 0.6) is 5.75 Å². The lowest BCUT2D eigenvalue weighted by Gasteiger charge is -2.15. The molecular formula is C14H18O5. The van der Waals surface area contributed by atoms with E-state index in [2.05, 4.69) is 0 Å². The van der Waals surface area contributed by atoms with Crippen molar-refractivity contribution in [3.05, 3.63) is 29.8 Å². The van der Waals surface area contributed by atoms with Crippen LogP contribution in [0.15, 0.2) is 24.3 Å². The predicted octanol–water partition coefficient (Wildman–Crippen LogP) is 1.99. The summed E-state index contributed by atoms with van der Waals surface area (Å²) in [6, 6.07) is 6.65. The van der Waals surface area contributed by atoms with Gasteiger partial charge in [-0.15, -0.1) is 0 Å². The van der Waals surface area contributed by atoms with Gasteiger partial charge in [0.25, 0.3) is 0 Å². The Labute approximate surface area is 112 Å². The molecule has 0 aliphatic carbocycles. The molecule has 104 valence electrons. The first-order chi connectivity index (χ1) is 9.02. The van der Waals surface area contributed by atoms with Crippen LogP contribution in [0.3, 0.4) is 0 Å². The minimum Gasteiger partial charge on any atom is -0.508 e. The number of Topliss-reactive ketones (excluding diaryl/α,β-unsaturated/α-hetero) is 1. The first-order valence-electron chi connectivity index (χ1n) is 5.99. The van der Waals surface area contributed by atoms with Crippen molar-refractivity contribution in [1.82, 2.24) is 0 Å². The molecule has 1 unspecified atom stereocenters. The Kier molecular flexibility index (Phi) is 6.02. The highest BCUT2D eigenvalue weighted by Crippen LogP contribution is 2.22. The standard InChI is InChI=1S/C14H18O5/c1-10(15)9-14(17)19-8-7-13(18-2)11-3-5-12(16)6-4-11/h3-6,13,16H,7-9H2,1-2H3. The number of benzene rings is 1. The van der Waals surface area contributed by atoms with Gasteiger partial charge in [0.1, 0.15) is 18.0 Å². The molecule has 5 nitrogen and oxygen atoms in total. The second-order valence-corrected chi connectivity index (χ2v) is 4.20. The number of phenols is 1. The Bertz CT molecular complexity index is 424. The lowest BCUT2D eigenvalue weighted by atomic mass is 10.1. The highest BCUT2D eigenvalue weighted by atomic mass is 16.5. The largest absolute Gasteiger partial charge is 0.508 e. The summed E-state index contributed by atoms with van der Waals surface area (Å²) < 4.78 is 10.2. The molecule has 1 N–H and O–H groups in total. The molecule has 1 aromatic carbocycles. The van der Waals surface area contributed by atoms with Crippen molar-refractivity contribution in [2.24, 2.45) is 0 Å². The quantitative estimate of drug-likeness (QED) is 0.603. The number of ether oxygens (including phenoxy) is 2. The van der Waals surface area contributed by atoms with Crippen molar-refractivity contribution in [2.45, 2.75) is 25.9 Å². The van der Waals surface area contributed by atoms with Crippen molar-refractivity contribution >= 4 is 11.8 Å². The molecule has 1 rings (SSSR count). The Morgan fingerprint density at radius 1 is 1.26 bits per heavy atom. The molecule has 0 radical (unpaired) electrons. The average molecular weight is 266 g/mol. The van der Waals surface area contributed by atoms with Crippen LogP contribution in [-0.4, -0.2) is 30.6 Å². The third-order valence-corrected chi connectivity index (χ3v) is 2.59. The SMILES string of the molecule is COC(CCOC(=O)CC(C)=O)c1ccc(O)cc1. The van der Waals surface area contributed by atoms with E-state index in [0.29, 0.717) is 6.42 Å². The summed E-state index contributed by atoms with van der Waals surface area (Å²) in [6.07, 6.45) is 0.0765. The minimum absolute atomic E-state index is 0.186. The van der Waals surface area contributed by atoms with Gasteiger partial charge in [-0.1, -0.05) is 12.1 Å². The zero-order valence-electron chi connectivity index (χ0n) is 11.1. The van der Waals surface area contributed by atoms with Gasteiger partial charge in [-0.25, -0.2) is 0 Å². The predicted molar refractivity (Wildman–Crippen MR) is 68.7 cm³/mol. The molecule has 0 aliphatic heterocycles. The van der Waals surface area contributed by atoms with Crippen molar-refractivity contribution in [2.75, 3.05) is 13.7 Å². The van der Waals surface area contributed by atoms with E-state index in [4.69, 9.17) is 9.47 Å². The van der Waals surface area contributed by atoms with Gasteiger partial charge in [-0.05, 0) is 24.6 Å². The van der Waals surface area contributed by atoms with Gasteiger partial charge < -0.3 is 14.6 Å². The minimum atomic E-state index is -0.520. The van der Waals surface area contributed by atoms with Gasteiger partial charge in [0, 0.05) is 13.5 Å². The Balaban J connectivity index is 2.43. The zero-order chi connectivity index (χ0) is 14.3. The molecule has 1 atom stereocenters. The van der Waals surface area contributed by atoms with Crippen molar-refractivity contribution < 1.29 is 24.2 Å². The fraction of sp³-hybridized carbons (Fsp3) is 0.429. The lowest BCUT2D eigenvalue weighted by molar-refractivity contribution is -0.146. The van der Waals surface area contributed by atoms with Crippen molar-refractivity contribution in [1.29, 1.82) is 0 Å². The molecule has 1 aromatic rings. The summed E-state index contributed by atoms with van der Waals surface area (Å²) in [5, 5.41) is 9.20. The molecular weight excluding hydrogens is 248 g/mol. The molecule has 5 heteroatoms. The number of hydrogen-bond acceptors (Lipinski definition) is 5. The Morgan fingerprint density at radius 3 is 2.42 bits per heavy atom. The van der Waals surface area contributed by atoms with E-state index in [1.807, 2.05) is 0 Å². The number of methoxy groups -OCH3 is 1. The Hall–Kier alpha value is -1.88. The number of carbonyl (C=O) groups is 2. The van der Waals surface area contributed by atoms with Crippen LogP contribution in [0.4, 0.5) is 0 Å². The summed E-state index contributed by atoms with van der Waals surface area (Å²) in [4.78, 5) is 21.9. The van der Waals surface area contributed by atoms with Crippen LogP contribution in [-0.2, 0) is 19.1 Å². The number of rotatable bonds is 7. The molecule has 19 heavy (non-hydrogen) atoms. The number of hydrogen-bond donors (Lipinski definition) is 1. The van der Waals surface area contributed by atoms with E-state index >= 15 is 0 Å². The van der Waals surface area contributed by atoms with Gasteiger partial charge >= 0.3 is 5.97 Å². The van der Waals surface area contributed by atoms with Crippen LogP contribution in [0.1, 0.15) is 31.4 Å². The van der Waals surface area contributed by atoms with E-state index in [1.54, 1.807) is 31.4 Å². The summed E-state index contributed by atoms with van der Waals surface area (Å²) in [5.74, 6) is -0.550. The van der Waals surface area contributed by atoms with Crippen LogP contribution >= 0.6 is 0 Å². The second kappa shape index (κ2) is 7.53. The average Bonchev–Trinajstić information content (AvgIpc) is 2.35. The van der Waals surface area contributed by atoms with E-state index < -0.39 is 5.97 Å². The van der Waals surface area contributed by atoms with Crippen molar-refractivity contribution in [3.8, 4) is 5.75 Å². The smallest absolute Gasteiger partial charge is 0.313 e. The fourth-order valence-electron chi connectivity index (χ4n) is 1.64. The number of ketones is 1. The molecule has 0 bridgehead atoms. The van der Waals surface area contributed by atoms with Gasteiger partial charge in [0.05, 0.1) is 12.7 Å². The van der Waals surface area contributed by atoms with E-state index in [-0.39, 0.29) is 30.7 Å². The van der Waals surface area contributed by atoms with Crippen LogP contribution in [0.2, 0.25) is 0 Å². The Morgan fingerprint density at radius 2 is 1.89 bits per heavy atom. The van der Waals surface area contributed by atoms with Gasteiger partial charge in [-0.3, -0.25) is 9.59 Å². The molecule has 0 amide bonds. The molecule has 0 aliphatic rings. The molecule has 0 spiro atoms. The normalized spacial score (nSPS) is 11.9. The topological polar surface area (TPSA) is 72.8 Å². The lowest BCUT2D eigenvalue weighted by Crippen LogP contribution is -2.12. The maximum Gasteiger partial charge on any atom is 0.313 e. The van der Waals surface area contributed by atoms with E-state index in [0.717, 1.165) is 5.56 Å².